The monoisotopic (exact) mass is 349 g/mol. The number of hydrogen-bond acceptors (Lipinski definition) is 2. The van der Waals surface area contributed by atoms with Gasteiger partial charge >= 0.3 is 0 Å². The van der Waals surface area contributed by atoms with Gasteiger partial charge in [0.25, 0.3) is 5.91 Å². The minimum Gasteiger partial charge on any atom is -0.482 e. The molecule has 0 N–H and O–H groups in total. The fraction of sp³-hybridized carbons (Fsp3) is 0.364. The van der Waals surface area contributed by atoms with Crippen LogP contribution in [0.15, 0.2) is 21.1 Å². The largest absolute Gasteiger partial charge is 0.482 e. The summed E-state index contributed by atoms with van der Waals surface area (Å²) in [5.41, 5.74) is 0.979. The molecule has 1 rings (SSSR count). The molecule has 0 atom stereocenters. The first kappa shape index (κ1) is 13.5. The van der Waals surface area contributed by atoms with Gasteiger partial charge in [0, 0.05) is 18.6 Å². The molecule has 0 spiro atoms. The Hall–Kier alpha value is -0.550. The van der Waals surface area contributed by atoms with Crippen molar-refractivity contribution in [3.63, 3.8) is 0 Å². The molecule has 16 heavy (non-hydrogen) atoms. The summed E-state index contributed by atoms with van der Waals surface area (Å²) in [7, 11) is 3.41. The van der Waals surface area contributed by atoms with Gasteiger partial charge in [0.1, 0.15) is 5.75 Å². The summed E-state index contributed by atoms with van der Waals surface area (Å²) < 4.78 is 7.30. The molecule has 0 saturated heterocycles. The number of nitrogens with zero attached hydrogens (tertiary/aromatic N) is 1. The van der Waals surface area contributed by atoms with Crippen LogP contribution in [-0.2, 0) is 4.79 Å². The van der Waals surface area contributed by atoms with Crippen molar-refractivity contribution in [2.75, 3.05) is 20.7 Å². The van der Waals surface area contributed by atoms with Gasteiger partial charge in [-0.15, -0.1) is 0 Å². The molecular weight excluding hydrogens is 338 g/mol. The van der Waals surface area contributed by atoms with Gasteiger partial charge < -0.3 is 9.64 Å². The van der Waals surface area contributed by atoms with E-state index in [4.69, 9.17) is 4.74 Å². The summed E-state index contributed by atoms with van der Waals surface area (Å²) in [6, 6.07) is 3.84. The van der Waals surface area contributed by atoms with Gasteiger partial charge in [-0.2, -0.15) is 0 Å². The van der Waals surface area contributed by atoms with E-state index in [-0.39, 0.29) is 12.5 Å². The Bertz CT molecular complexity index is 382. The van der Waals surface area contributed by atoms with Crippen molar-refractivity contribution in [2.24, 2.45) is 0 Å². The number of aryl methyl sites for hydroxylation is 1. The lowest BCUT2D eigenvalue weighted by atomic mass is 10.2. The predicted molar refractivity (Wildman–Crippen MR) is 70.8 cm³/mol. The van der Waals surface area contributed by atoms with E-state index in [1.54, 1.807) is 14.1 Å². The van der Waals surface area contributed by atoms with Crippen molar-refractivity contribution in [3.05, 3.63) is 26.6 Å². The van der Waals surface area contributed by atoms with Gasteiger partial charge in [0.2, 0.25) is 0 Å². The fourth-order valence-electron chi connectivity index (χ4n) is 1.13. The lowest BCUT2D eigenvalue weighted by Gasteiger charge is -2.14. The Morgan fingerprint density at radius 1 is 1.38 bits per heavy atom. The second kappa shape index (κ2) is 5.68. The smallest absolute Gasteiger partial charge is 0.259 e. The van der Waals surface area contributed by atoms with Crippen molar-refractivity contribution >= 4 is 37.8 Å². The molecule has 1 amide bonds. The Balaban J connectivity index is 2.78. The van der Waals surface area contributed by atoms with Crippen LogP contribution in [0, 0.1) is 6.92 Å². The molecule has 3 nitrogen and oxygen atoms in total. The maximum atomic E-state index is 11.4. The van der Waals surface area contributed by atoms with Crippen LogP contribution in [0.25, 0.3) is 0 Å². The minimum absolute atomic E-state index is 0.0497. The zero-order chi connectivity index (χ0) is 12.3. The Morgan fingerprint density at radius 2 is 2.00 bits per heavy atom. The Labute approximate surface area is 112 Å². The van der Waals surface area contributed by atoms with Crippen molar-refractivity contribution in [1.82, 2.24) is 4.90 Å². The first-order valence-electron chi connectivity index (χ1n) is 4.70. The third kappa shape index (κ3) is 3.49. The van der Waals surface area contributed by atoms with Gasteiger partial charge in [-0.1, -0.05) is 15.9 Å². The highest BCUT2D eigenvalue weighted by molar-refractivity contribution is 9.11. The number of rotatable bonds is 3. The minimum atomic E-state index is -0.0609. The number of benzene rings is 1. The number of hydrogen-bond donors (Lipinski definition) is 0. The average Bonchev–Trinajstić information content (AvgIpc) is 2.15. The first-order valence-corrected chi connectivity index (χ1v) is 6.29. The lowest BCUT2D eigenvalue weighted by Crippen LogP contribution is -2.27. The van der Waals surface area contributed by atoms with Gasteiger partial charge in [0.05, 0.1) is 4.47 Å². The third-order valence-corrected chi connectivity index (χ3v) is 3.08. The number of carbonyl (C=O) groups excluding carboxylic acids is 1. The van der Waals surface area contributed by atoms with Crippen LogP contribution in [0.3, 0.4) is 0 Å². The Morgan fingerprint density at radius 3 is 2.50 bits per heavy atom. The highest BCUT2D eigenvalue weighted by atomic mass is 79.9. The molecule has 0 fully saturated rings. The molecule has 0 unspecified atom stereocenters. The van der Waals surface area contributed by atoms with Crippen LogP contribution < -0.4 is 4.74 Å². The molecule has 0 saturated carbocycles. The standard InChI is InChI=1S/C11H13Br2NO2/c1-7-4-8(12)5-9(13)11(7)16-6-10(15)14(2)3/h4-5H,6H2,1-3H3. The first-order chi connectivity index (χ1) is 7.41. The number of amides is 1. The highest BCUT2D eigenvalue weighted by Crippen LogP contribution is 2.32. The summed E-state index contributed by atoms with van der Waals surface area (Å²) >= 11 is 6.79. The average molecular weight is 351 g/mol. The van der Waals surface area contributed by atoms with E-state index in [9.17, 15) is 4.79 Å². The van der Waals surface area contributed by atoms with E-state index in [2.05, 4.69) is 31.9 Å². The fourth-order valence-corrected chi connectivity index (χ4v) is 2.69. The molecule has 0 bridgehead atoms. The zero-order valence-electron chi connectivity index (χ0n) is 9.38. The van der Waals surface area contributed by atoms with Crippen LogP contribution in [0.2, 0.25) is 0 Å². The molecule has 88 valence electrons. The van der Waals surface area contributed by atoms with Gasteiger partial charge in [0.15, 0.2) is 6.61 Å². The summed E-state index contributed by atoms with van der Waals surface area (Å²) in [5.74, 6) is 0.646. The molecular formula is C11H13Br2NO2. The van der Waals surface area contributed by atoms with Crippen LogP contribution in [-0.4, -0.2) is 31.5 Å². The maximum absolute atomic E-state index is 11.4. The van der Waals surface area contributed by atoms with Crippen LogP contribution in [0.4, 0.5) is 0 Å². The van der Waals surface area contributed by atoms with E-state index in [1.807, 2.05) is 19.1 Å². The lowest BCUT2D eigenvalue weighted by molar-refractivity contribution is -0.130. The van der Waals surface area contributed by atoms with Crippen molar-refractivity contribution in [2.45, 2.75) is 6.92 Å². The van der Waals surface area contributed by atoms with E-state index < -0.39 is 0 Å². The van der Waals surface area contributed by atoms with Gasteiger partial charge in [-0.3, -0.25) is 4.79 Å². The maximum Gasteiger partial charge on any atom is 0.259 e. The molecule has 0 radical (unpaired) electrons. The van der Waals surface area contributed by atoms with E-state index in [1.165, 1.54) is 4.90 Å². The van der Waals surface area contributed by atoms with Crippen LogP contribution >= 0.6 is 31.9 Å². The van der Waals surface area contributed by atoms with Crippen LogP contribution in [0.5, 0.6) is 5.75 Å². The van der Waals surface area contributed by atoms with Crippen molar-refractivity contribution < 1.29 is 9.53 Å². The molecule has 0 aliphatic rings. The predicted octanol–water partition coefficient (Wildman–Crippen LogP) is 2.99. The van der Waals surface area contributed by atoms with Gasteiger partial charge in [-0.25, -0.2) is 0 Å². The molecule has 0 aromatic heterocycles. The molecule has 5 heteroatoms. The summed E-state index contributed by atoms with van der Waals surface area (Å²) in [6.07, 6.45) is 0. The van der Waals surface area contributed by atoms with E-state index in [0.717, 1.165) is 14.5 Å². The third-order valence-electron chi connectivity index (χ3n) is 2.03. The molecule has 0 heterocycles. The number of likely N-dealkylation sites (N-methyl/N-ethyl adjacent to an activating group) is 1. The Kier molecular flexibility index (Phi) is 4.80. The van der Waals surface area contributed by atoms with Crippen molar-refractivity contribution in [1.29, 1.82) is 0 Å². The molecule has 1 aromatic rings. The summed E-state index contributed by atoms with van der Waals surface area (Å²) in [5, 5.41) is 0. The quantitative estimate of drug-likeness (QED) is 0.838. The van der Waals surface area contributed by atoms with Crippen molar-refractivity contribution in [3.8, 4) is 5.75 Å². The highest BCUT2D eigenvalue weighted by Gasteiger charge is 2.10. The van der Waals surface area contributed by atoms with E-state index in [0.29, 0.717) is 5.75 Å². The topological polar surface area (TPSA) is 29.5 Å². The molecule has 0 aliphatic heterocycles. The molecule has 0 aliphatic carbocycles. The SMILES string of the molecule is Cc1cc(Br)cc(Br)c1OCC(=O)N(C)C. The number of ether oxygens (including phenoxy) is 1. The number of carbonyl (C=O) groups is 1. The summed E-state index contributed by atoms with van der Waals surface area (Å²) in [4.78, 5) is 12.9. The zero-order valence-corrected chi connectivity index (χ0v) is 12.6. The van der Waals surface area contributed by atoms with Crippen LogP contribution in [0.1, 0.15) is 5.56 Å². The van der Waals surface area contributed by atoms with Gasteiger partial charge in [-0.05, 0) is 40.5 Å². The second-order valence-electron chi connectivity index (χ2n) is 3.61. The normalized spacial score (nSPS) is 10.1. The molecule has 1 aromatic carbocycles. The summed E-state index contributed by atoms with van der Waals surface area (Å²) in [6.45, 7) is 1.99. The van der Waals surface area contributed by atoms with E-state index >= 15 is 0 Å². The number of halogens is 2. The second-order valence-corrected chi connectivity index (χ2v) is 5.38.